The van der Waals surface area contributed by atoms with E-state index in [9.17, 15) is 21.6 Å². The maximum absolute atomic E-state index is 12.4. The number of hydrogen-bond donors (Lipinski definition) is 2. The van der Waals surface area contributed by atoms with Gasteiger partial charge in [0.1, 0.15) is 0 Å². The average Bonchev–Trinajstić information content (AvgIpc) is 2.61. The van der Waals surface area contributed by atoms with Crippen molar-refractivity contribution in [3.8, 4) is 0 Å². The molecular formula is C18H22N2O5S2. The van der Waals surface area contributed by atoms with Gasteiger partial charge < -0.3 is 5.32 Å². The van der Waals surface area contributed by atoms with E-state index in [0.717, 1.165) is 11.8 Å². The van der Waals surface area contributed by atoms with E-state index < -0.39 is 19.9 Å². The zero-order chi connectivity index (χ0) is 20.2. The molecule has 2 aromatic carbocycles. The second-order valence-electron chi connectivity index (χ2n) is 6.12. The van der Waals surface area contributed by atoms with Crippen molar-refractivity contribution in [2.24, 2.45) is 0 Å². The number of nitrogens with one attached hydrogen (secondary N) is 2. The Morgan fingerprint density at radius 1 is 0.963 bits per heavy atom. The number of hydrogen-bond acceptors (Lipinski definition) is 5. The fourth-order valence-electron chi connectivity index (χ4n) is 2.31. The molecule has 146 valence electrons. The predicted molar refractivity (Wildman–Crippen MR) is 105 cm³/mol. The Hall–Kier alpha value is -2.39. The lowest BCUT2D eigenvalue weighted by atomic mass is 10.1. The molecular weight excluding hydrogens is 388 g/mol. The number of carbonyl (C=O) groups is 1. The van der Waals surface area contributed by atoms with Crippen LogP contribution in [0.5, 0.6) is 0 Å². The minimum atomic E-state index is -3.37. The van der Waals surface area contributed by atoms with Gasteiger partial charge in [-0.2, -0.15) is 0 Å². The summed E-state index contributed by atoms with van der Waals surface area (Å²) in [4.78, 5) is 12.6. The summed E-state index contributed by atoms with van der Waals surface area (Å²) >= 11 is 0. The summed E-state index contributed by atoms with van der Waals surface area (Å²) in [5, 5.41) is 2.82. The summed E-state index contributed by atoms with van der Waals surface area (Å²) in [6.07, 6.45) is 1.14. The van der Waals surface area contributed by atoms with Crippen LogP contribution in [0.2, 0.25) is 0 Å². The van der Waals surface area contributed by atoms with Crippen LogP contribution >= 0.6 is 0 Å². The van der Waals surface area contributed by atoms with Crippen molar-refractivity contribution in [2.75, 3.05) is 16.7 Å². The van der Waals surface area contributed by atoms with E-state index in [2.05, 4.69) is 10.0 Å². The Morgan fingerprint density at radius 3 is 2.00 bits per heavy atom. The predicted octanol–water partition coefficient (Wildman–Crippen LogP) is 2.34. The molecule has 2 aromatic rings. The first kappa shape index (κ1) is 20.9. The minimum absolute atomic E-state index is 0.0368. The first-order chi connectivity index (χ1) is 12.5. The summed E-state index contributed by atoms with van der Waals surface area (Å²) in [5.41, 5.74) is 1.54. The van der Waals surface area contributed by atoms with Gasteiger partial charge in [0.25, 0.3) is 5.91 Å². The first-order valence-electron chi connectivity index (χ1n) is 8.23. The van der Waals surface area contributed by atoms with Gasteiger partial charge in [0, 0.05) is 17.5 Å². The van der Waals surface area contributed by atoms with Crippen LogP contribution in [0.15, 0.2) is 53.4 Å². The first-order valence-corrected chi connectivity index (χ1v) is 11.8. The molecule has 7 nitrogen and oxygen atoms in total. The normalized spacial score (nSPS) is 13.0. The summed E-state index contributed by atoms with van der Waals surface area (Å²) in [7, 11) is -6.63. The number of rotatable bonds is 7. The molecule has 1 amide bonds. The minimum Gasteiger partial charge on any atom is -0.346 e. The van der Waals surface area contributed by atoms with Crippen LogP contribution in [0.3, 0.4) is 0 Å². The molecule has 0 bridgehead atoms. The molecule has 0 heterocycles. The maximum Gasteiger partial charge on any atom is 0.251 e. The van der Waals surface area contributed by atoms with Crippen LogP contribution in [0.4, 0.5) is 5.69 Å². The van der Waals surface area contributed by atoms with E-state index in [0.29, 0.717) is 11.3 Å². The van der Waals surface area contributed by atoms with Crippen LogP contribution in [0.25, 0.3) is 0 Å². The molecule has 0 aromatic heterocycles. The molecule has 2 N–H and O–H groups in total. The number of carbonyl (C=O) groups excluding carboxylic acids is 1. The number of benzene rings is 2. The van der Waals surface area contributed by atoms with Gasteiger partial charge in [-0.05, 0) is 55.8 Å². The van der Waals surface area contributed by atoms with Crippen molar-refractivity contribution in [2.45, 2.75) is 24.8 Å². The molecule has 1 atom stereocenters. The maximum atomic E-state index is 12.4. The summed E-state index contributed by atoms with van der Waals surface area (Å²) in [6, 6.07) is 12.1. The number of sulfone groups is 1. The van der Waals surface area contributed by atoms with Gasteiger partial charge in [0.05, 0.1) is 16.7 Å². The molecule has 2 rings (SSSR count). The highest BCUT2D eigenvalue weighted by atomic mass is 32.2. The Bertz CT molecular complexity index is 1010. The molecule has 0 unspecified atom stereocenters. The topological polar surface area (TPSA) is 109 Å². The SMILES string of the molecule is CCS(=O)(=O)Nc1ccc(C(=O)N[C@H](C)c2ccc(S(C)(=O)=O)cc2)cc1. The fraction of sp³-hybridized carbons (Fsp3) is 0.278. The number of sulfonamides is 1. The highest BCUT2D eigenvalue weighted by Gasteiger charge is 2.14. The van der Waals surface area contributed by atoms with E-state index in [-0.39, 0.29) is 22.6 Å². The molecule has 9 heteroatoms. The van der Waals surface area contributed by atoms with Gasteiger partial charge in [-0.3, -0.25) is 9.52 Å². The van der Waals surface area contributed by atoms with Crippen molar-refractivity contribution in [1.82, 2.24) is 5.32 Å². The monoisotopic (exact) mass is 410 g/mol. The Morgan fingerprint density at radius 2 is 1.52 bits per heavy atom. The van der Waals surface area contributed by atoms with Crippen LogP contribution < -0.4 is 10.0 Å². The van der Waals surface area contributed by atoms with Gasteiger partial charge >= 0.3 is 0 Å². The molecule has 0 saturated carbocycles. The van der Waals surface area contributed by atoms with E-state index in [1.807, 2.05) is 0 Å². The Kier molecular flexibility index (Phi) is 6.27. The fourth-order valence-corrected chi connectivity index (χ4v) is 3.58. The highest BCUT2D eigenvalue weighted by Crippen LogP contribution is 2.17. The lowest BCUT2D eigenvalue weighted by Crippen LogP contribution is -2.26. The second kappa shape index (κ2) is 8.10. The molecule has 0 aliphatic carbocycles. The summed E-state index contributed by atoms with van der Waals surface area (Å²) in [5.74, 6) is -0.357. The van der Waals surface area contributed by atoms with Crippen molar-refractivity contribution in [3.63, 3.8) is 0 Å². The molecule has 0 aliphatic rings. The molecule has 27 heavy (non-hydrogen) atoms. The quantitative estimate of drug-likeness (QED) is 0.728. The van der Waals surface area contributed by atoms with E-state index >= 15 is 0 Å². The van der Waals surface area contributed by atoms with Crippen molar-refractivity contribution >= 4 is 31.5 Å². The van der Waals surface area contributed by atoms with Crippen LogP contribution in [-0.2, 0) is 19.9 Å². The Labute approximate surface area is 159 Å². The number of amides is 1. The summed E-state index contributed by atoms with van der Waals surface area (Å²) < 4.78 is 48.5. The Balaban J connectivity index is 2.06. The number of anilines is 1. The van der Waals surface area contributed by atoms with Crippen LogP contribution in [-0.4, -0.2) is 34.8 Å². The van der Waals surface area contributed by atoms with E-state index in [1.165, 1.54) is 43.3 Å². The van der Waals surface area contributed by atoms with Gasteiger partial charge in [0.15, 0.2) is 9.84 Å². The van der Waals surface area contributed by atoms with Gasteiger partial charge in [-0.15, -0.1) is 0 Å². The lowest BCUT2D eigenvalue weighted by molar-refractivity contribution is 0.0940. The van der Waals surface area contributed by atoms with Gasteiger partial charge in [-0.1, -0.05) is 12.1 Å². The third kappa shape index (κ3) is 5.80. The van der Waals surface area contributed by atoms with Crippen molar-refractivity contribution in [1.29, 1.82) is 0 Å². The molecule has 0 saturated heterocycles. The van der Waals surface area contributed by atoms with E-state index in [4.69, 9.17) is 0 Å². The molecule has 0 spiro atoms. The van der Waals surface area contributed by atoms with Crippen molar-refractivity contribution in [3.05, 3.63) is 59.7 Å². The molecule has 0 aliphatic heterocycles. The third-order valence-corrected chi connectivity index (χ3v) is 6.39. The zero-order valence-electron chi connectivity index (χ0n) is 15.3. The van der Waals surface area contributed by atoms with Crippen LogP contribution in [0.1, 0.15) is 35.8 Å². The van der Waals surface area contributed by atoms with E-state index in [1.54, 1.807) is 19.1 Å². The largest absolute Gasteiger partial charge is 0.346 e. The zero-order valence-corrected chi connectivity index (χ0v) is 16.9. The van der Waals surface area contributed by atoms with Crippen molar-refractivity contribution < 1.29 is 21.6 Å². The van der Waals surface area contributed by atoms with Crippen LogP contribution in [0, 0.1) is 0 Å². The summed E-state index contributed by atoms with van der Waals surface area (Å²) in [6.45, 7) is 3.32. The third-order valence-electron chi connectivity index (χ3n) is 3.96. The standard InChI is InChI=1S/C18H22N2O5S2/c1-4-27(24,25)20-16-9-5-15(6-10-16)18(21)19-13(2)14-7-11-17(12-8-14)26(3,22)23/h5-13,20H,4H2,1-3H3,(H,19,21)/t13-/m1/s1. The molecule has 0 radical (unpaired) electrons. The average molecular weight is 411 g/mol. The van der Waals surface area contributed by atoms with Gasteiger partial charge in [-0.25, -0.2) is 16.8 Å². The van der Waals surface area contributed by atoms with Gasteiger partial charge in [0.2, 0.25) is 10.0 Å². The smallest absolute Gasteiger partial charge is 0.251 e. The highest BCUT2D eigenvalue weighted by molar-refractivity contribution is 7.92. The lowest BCUT2D eigenvalue weighted by Gasteiger charge is -2.15. The second-order valence-corrected chi connectivity index (χ2v) is 10.1. The molecule has 0 fully saturated rings.